The van der Waals surface area contributed by atoms with E-state index in [9.17, 15) is 18.4 Å². The molecule has 1 N–H and O–H groups in total. The molecule has 8 heteroatoms. The Morgan fingerprint density at radius 2 is 1.85 bits per heavy atom. The number of halogens is 2. The Hall–Kier alpha value is -3.16. The van der Waals surface area contributed by atoms with Crippen molar-refractivity contribution in [2.24, 2.45) is 0 Å². The van der Waals surface area contributed by atoms with E-state index in [1.54, 1.807) is 24.3 Å². The van der Waals surface area contributed by atoms with Crippen molar-refractivity contribution in [3.05, 3.63) is 70.0 Å². The van der Waals surface area contributed by atoms with E-state index in [0.29, 0.717) is 22.9 Å². The quantitative estimate of drug-likeness (QED) is 0.729. The summed E-state index contributed by atoms with van der Waals surface area (Å²) in [5.74, 6) is -1.59. The largest absolute Gasteiger partial charge is 0.356 e. The summed E-state index contributed by atoms with van der Waals surface area (Å²) in [6.07, 6.45) is 0.348. The van der Waals surface area contributed by atoms with E-state index < -0.39 is 11.6 Å². The standard InChI is InChI=1S/C18H16F2N4O2/c19-13-9-12(10-14(20)11-13)5-7-21-17(25)6-8-24-18(26)15-3-1-2-4-16(15)22-23-24/h1-4,9-11H,5-8H2,(H,21,25). The smallest absolute Gasteiger partial charge is 0.277 e. The normalized spacial score (nSPS) is 10.8. The number of carbonyl (C=O) groups is 1. The van der Waals surface area contributed by atoms with Crippen molar-refractivity contribution in [2.75, 3.05) is 6.54 Å². The average Bonchev–Trinajstić information content (AvgIpc) is 2.60. The molecule has 1 aromatic heterocycles. The Morgan fingerprint density at radius 3 is 2.62 bits per heavy atom. The first-order valence-corrected chi connectivity index (χ1v) is 8.07. The number of hydrogen-bond acceptors (Lipinski definition) is 4. The lowest BCUT2D eigenvalue weighted by Gasteiger charge is -2.07. The van der Waals surface area contributed by atoms with Gasteiger partial charge in [0, 0.05) is 19.0 Å². The number of aryl methyl sites for hydroxylation is 1. The first-order valence-electron chi connectivity index (χ1n) is 8.07. The first kappa shape index (κ1) is 17.7. The highest BCUT2D eigenvalue weighted by Gasteiger charge is 2.08. The van der Waals surface area contributed by atoms with E-state index in [-0.39, 0.29) is 31.0 Å². The fourth-order valence-electron chi connectivity index (χ4n) is 2.57. The van der Waals surface area contributed by atoms with Gasteiger partial charge in [0.15, 0.2) is 0 Å². The van der Waals surface area contributed by atoms with Gasteiger partial charge in [-0.25, -0.2) is 13.5 Å². The molecule has 0 radical (unpaired) electrons. The minimum absolute atomic E-state index is 0.0461. The average molecular weight is 358 g/mol. The Balaban J connectivity index is 1.53. The molecular formula is C18H16F2N4O2. The van der Waals surface area contributed by atoms with Crippen molar-refractivity contribution in [2.45, 2.75) is 19.4 Å². The summed E-state index contributed by atoms with van der Waals surface area (Å²) >= 11 is 0. The minimum Gasteiger partial charge on any atom is -0.356 e. The SMILES string of the molecule is O=C(CCn1nnc2ccccc2c1=O)NCCc1cc(F)cc(F)c1. The summed E-state index contributed by atoms with van der Waals surface area (Å²) < 4.78 is 27.3. The third kappa shape index (κ3) is 4.27. The molecule has 0 spiro atoms. The maximum Gasteiger partial charge on any atom is 0.277 e. The van der Waals surface area contributed by atoms with Gasteiger partial charge < -0.3 is 5.32 Å². The summed E-state index contributed by atoms with van der Waals surface area (Å²) in [4.78, 5) is 24.2. The molecule has 134 valence electrons. The van der Waals surface area contributed by atoms with Gasteiger partial charge in [-0.2, -0.15) is 0 Å². The van der Waals surface area contributed by atoms with Gasteiger partial charge in [-0.15, -0.1) is 5.10 Å². The van der Waals surface area contributed by atoms with E-state index in [2.05, 4.69) is 15.6 Å². The number of rotatable bonds is 6. The van der Waals surface area contributed by atoms with E-state index >= 15 is 0 Å². The molecule has 26 heavy (non-hydrogen) atoms. The molecule has 0 aliphatic carbocycles. The van der Waals surface area contributed by atoms with E-state index in [1.165, 1.54) is 12.1 Å². The fraction of sp³-hybridized carbons (Fsp3) is 0.222. The van der Waals surface area contributed by atoms with Gasteiger partial charge in [0.1, 0.15) is 17.2 Å². The van der Waals surface area contributed by atoms with Gasteiger partial charge in [0.2, 0.25) is 5.91 Å². The molecule has 0 aliphatic rings. The molecule has 6 nitrogen and oxygen atoms in total. The van der Waals surface area contributed by atoms with E-state index in [1.807, 2.05) is 0 Å². The third-order valence-electron chi connectivity index (χ3n) is 3.84. The van der Waals surface area contributed by atoms with Crippen LogP contribution in [0.5, 0.6) is 0 Å². The lowest BCUT2D eigenvalue weighted by Crippen LogP contribution is -2.30. The second-order valence-electron chi connectivity index (χ2n) is 5.76. The predicted molar refractivity (Wildman–Crippen MR) is 91.5 cm³/mol. The van der Waals surface area contributed by atoms with Crippen LogP contribution in [0.2, 0.25) is 0 Å². The highest BCUT2D eigenvalue weighted by atomic mass is 19.1. The number of nitrogens with zero attached hydrogens (tertiary/aromatic N) is 3. The van der Waals surface area contributed by atoms with Crippen LogP contribution in [0.15, 0.2) is 47.3 Å². The van der Waals surface area contributed by atoms with Gasteiger partial charge >= 0.3 is 0 Å². The molecule has 2 aromatic carbocycles. The van der Waals surface area contributed by atoms with Crippen molar-refractivity contribution in [3.63, 3.8) is 0 Å². The van der Waals surface area contributed by atoms with Gasteiger partial charge in [0.05, 0.1) is 11.9 Å². The molecule has 0 fully saturated rings. The van der Waals surface area contributed by atoms with Crippen molar-refractivity contribution < 1.29 is 13.6 Å². The Labute approximate surface area is 147 Å². The second kappa shape index (κ2) is 7.81. The number of hydrogen-bond donors (Lipinski definition) is 1. The molecule has 1 heterocycles. The van der Waals surface area contributed by atoms with E-state index in [0.717, 1.165) is 10.7 Å². The van der Waals surface area contributed by atoms with Gasteiger partial charge in [0.25, 0.3) is 5.56 Å². The van der Waals surface area contributed by atoms with Gasteiger partial charge in [-0.3, -0.25) is 9.59 Å². The molecule has 0 saturated heterocycles. The molecule has 0 atom stereocenters. The van der Waals surface area contributed by atoms with Gasteiger partial charge in [-0.05, 0) is 36.2 Å². The zero-order valence-electron chi connectivity index (χ0n) is 13.8. The maximum atomic E-state index is 13.1. The lowest BCUT2D eigenvalue weighted by molar-refractivity contribution is -0.121. The second-order valence-corrected chi connectivity index (χ2v) is 5.76. The van der Waals surface area contributed by atoms with Crippen molar-refractivity contribution in [1.82, 2.24) is 20.3 Å². The van der Waals surface area contributed by atoms with E-state index in [4.69, 9.17) is 0 Å². The summed E-state index contributed by atoms with van der Waals surface area (Å²) in [7, 11) is 0. The Morgan fingerprint density at radius 1 is 1.12 bits per heavy atom. The zero-order valence-corrected chi connectivity index (χ0v) is 13.8. The van der Waals surface area contributed by atoms with Gasteiger partial charge in [-0.1, -0.05) is 17.3 Å². The molecule has 0 unspecified atom stereocenters. The number of aromatic nitrogens is 3. The van der Waals surface area contributed by atoms with Crippen LogP contribution in [0.25, 0.3) is 10.9 Å². The summed E-state index contributed by atoms with van der Waals surface area (Å²) in [5, 5.41) is 10.9. The summed E-state index contributed by atoms with van der Waals surface area (Å²) in [5.41, 5.74) is 0.651. The predicted octanol–water partition coefficient (Wildman–Crippen LogP) is 1.82. The lowest BCUT2D eigenvalue weighted by atomic mass is 10.1. The number of carbonyl (C=O) groups excluding carboxylic acids is 1. The van der Waals surface area contributed by atoms with Crippen LogP contribution in [-0.4, -0.2) is 27.4 Å². The maximum absolute atomic E-state index is 13.1. The topological polar surface area (TPSA) is 76.9 Å². The molecule has 3 aromatic rings. The van der Waals surface area contributed by atoms with Crippen molar-refractivity contribution in [3.8, 4) is 0 Å². The number of fused-ring (bicyclic) bond motifs is 1. The number of amides is 1. The molecule has 0 bridgehead atoms. The van der Waals surface area contributed by atoms with Crippen LogP contribution in [0, 0.1) is 11.6 Å². The van der Waals surface area contributed by atoms with Crippen LogP contribution >= 0.6 is 0 Å². The summed E-state index contributed by atoms with van der Waals surface area (Å²) in [6.45, 7) is 0.330. The van der Waals surface area contributed by atoms with Crippen LogP contribution in [0.3, 0.4) is 0 Å². The first-order chi connectivity index (χ1) is 12.5. The van der Waals surface area contributed by atoms with Crippen LogP contribution in [0.1, 0.15) is 12.0 Å². The molecule has 0 aliphatic heterocycles. The third-order valence-corrected chi connectivity index (χ3v) is 3.84. The number of nitrogens with one attached hydrogen (secondary N) is 1. The highest BCUT2D eigenvalue weighted by Crippen LogP contribution is 2.08. The van der Waals surface area contributed by atoms with Crippen LogP contribution in [-0.2, 0) is 17.8 Å². The van der Waals surface area contributed by atoms with Crippen molar-refractivity contribution in [1.29, 1.82) is 0 Å². The van der Waals surface area contributed by atoms with Crippen molar-refractivity contribution >= 4 is 16.8 Å². The van der Waals surface area contributed by atoms with Crippen LogP contribution in [0.4, 0.5) is 8.78 Å². The molecule has 0 saturated carbocycles. The number of benzene rings is 2. The Kier molecular flexibility index (Phi) is 5.31. The fourth-order valence-corrected chi connectivity index (χ4v) is 2.57. The van der Waals surface area contributed by atoms with Crippen LogP contribution < -0.4 is 10.9 Å². The summed E-state index contributed by atoms with van der Waals surface area (Å²) in [6, 6.07) is 10.1. The molecule has 3 rings (SSSR count). The molecule has 1 amide bonds. The minimum atomic E-state index is -0.652. The highest BCUT2D eigenvalue weighted by molar-refractivity contribution is 5.77. The monoisotopic (exact) mass is 358 g/mol. The molecular weight excluding hydrogens is 342 g/mol. The Bertz CT molecular complexity index is 984. The zero-order chi connectivity index (χ0) is 18.5.